The molecule has 90 valence electrons. The molecule has 3 aromatic heterocycles. The van der Waals surface area contributed by atoms with E-state index in [0.717, 1.165) is 5.76 Å². The highest BCUT2D eigenvalue weighted by Gasteiger charge is 2.11. The summed E-state index contributed by atoms with van der Waals surface area (Å²) in [5.41, 5.74) is 0.427. The van der Waals surface area contributed by atoms with Gasteiger partial charge in [-0.3, -0.25) is 0 Å². The predicted octanol–water partition coefficient (Wildman–Crippen LogP) is 4.29. The molecular weight excluding hydrogens is 275 g/mol. The Balaban J connectivity index is 2.04. The van der Waals surface area contributed by atoms with Gasteiger partial charge < -0.3 is 8.83 Å². The second kappa shape index (κ2) is 4.48. The molecule has 3 aromatic rings. The molecule has 18 heavy (non-hydrogen) atoms. The Morgan fingerprint density at radius 3 is 2.56 bits per heavy atom. The van der Waals surface area contributed by atoms with Gasteiger partial charge in [-0.15, -0.1) is 10.2 Å². The smallest absolute Gasteiger partial charge is 0.195 e. The van der Waals surface area contributed by atoms with Gasteiger partial charge in [-0.05, 0) is 30.4 Å². The van der Waals surface area contributed by atoms with Crippen molar-refractivity contribution in [2.45, 2.75) is 0 Å². The summed E-state index contributed by atoms with van der Waals surface area (Å²) < 4.78 is 10.7. The van der Waals surface area contributed by atoms with E-state index in [-0.39, 0.29) is 10.3 Å². The lowest BCUT2D eigenvalue weighted by Gasteiger charge is -1.90. The molecule has 0 aromatic carbocycles. The first-order chi connectivity index (χ1) is 8.74. The highest BCUT2D eigenvalue weighted by Crippen LogP contribution is 2.29. The number of aromatic nitrogens is 2. The van der Waals surface area contributed by atoms with Crippen LogP contribution in [-0.4, -0.2) is 10.2 Å². The molecule has 0 aliphatic carbocycles. The fourth-order valence-corrected chi connectivity index (χ4v) is 1.89. The molecular formula is C12H6Cl2N2O2. The van der Waals surface area contributed by atoms with Crippen molar-refractivity contribution in [1.82, 2.24) is 10.2 Å². The molecule has 0 amide bonds. The van der Waals surface area contributed by atoms with Gasteiger partial charge in [0.1, 0.15) is 11.5 Å². The van der Waals surface area contributed by atoms with E-state index in [2.05, 4.69) is 10.2 Å². The zero-order valence-corrected chi connectivity index (χ0v) is 10.4. The molecule has 0 saturated heterocycles. The quantitative estimate of drug-likeness (QED) is 0.703. The minimum atomic E-state index is 0.187. The summed E-state index contributed by atoms with van der Waals surface area (Å²) in [6.07, 6.45) is 5.13. The van der Waals surface area contributed by atoms with E-state index >= 15 is 0 Å². The first kappa shape index (κ1) is 11.3. The molecule has 3 heterocycles. The van der Waals surface area contributed by atoms with Crippen molar-refractivity contribution >= 4 is 46.3 Å². The molecule has 0 aliphatic rings. The van der Waals surface area contributed by atoms with Crippen LogP contribution in [0.5, 0.6) is 0 Å². The maximum atomic E-state index is 5.91. The number of nitrogens with zero attached hydrogens (tertiary/aromatic N) is 2. The predicted molar refractivity (Wildman–Crippen MR) is 69.5 cm³/mol. The lowest BCUT2D eigenvalue weighted by molar-refractivity contribution is 0.557. The number of fused-ring (bicyclic) bond motifs is 1. The van der Waals surface area contributed by atoms with Crippen LogP contribution in [0.3, 0.4) is 0 Å². The van der Waals surface area contributed by atoms with Crippen molar-refractivity contribution in [2.75, 3.05) is 0 Å². The second-order valence-electron chi connectivity index (χ2n) is 3.52. The maximum absolute atomic E-state index is 5.91. The van der Waals surface area contributed by atoms with Gasteiger partial charge >= 0.3 is 0 Å². The van der Waals surface area contributed by atoms with Gasteiger partial charge in [0.05, 0.1) is 11.6 Å². The van der Waals surface area contributed by atoms with Crippen LogP contribution in [0.25, 0.3) is 23.1 Å². The molecule has 6 heteroatoms. The summed E-state index contributed by atoms with van der Waals surface area (Å²) in [4.78, 5) is 0. The van der Waals surface area contributed by atoms with E-state index in [9.17, 15) is 0 Å². The third-order valence-electron chi connectivity index (χ3n) is 2.34. The summed E-state index contributed by atoms with van der Waals surface area (Å²) >= 11 is 11.8. The Morgan fingerprint density at radius 2 is 1.83 bits per heavy atom. The number of hydrogen-bond acceptors (Lipinski definition) is 4. The van der Waals surface area contributed by atoms with Crippen LogP contribution in [0.2, 0.25) is 10.3 Å². The van der Waals surface area contributed by atoms with Crippen molar-refractivity contribution in [2.24, 2.45) is 0 Å². The second-order valence-corrected chi connectivity index (χ2v) is 4.24. The van der Waals surface area contributed by atoms with E-state index in [1.807, 2.05) is 6.07 Å². The number of hydrogen-bond donors (Lipinski definition) is 0. The van der Waals surface area contributed by atoms with Crippen LogP contribution in [0.1, 0.15) is 11.5 Å². The molecule has 0 atom stereocenters. The molecule has 0 aliphatic heterocycles. The third-order valence-corrected chi connectivity index (χ3v) is 2.87. The van der Waals surface area contributed by atoms with Crippen molar-refractivity contribution in [1.29, 1.82) is 0 Å². The lowest BCUT2D eigenvalue weighted by atomic mass is 10.3. The van der Waals surface area contributed by atoms with Crippen LogP contribution in [0, 0.1) is 0 Å². The summed E-state index contributed by atoms with van der Waals surface area (Å²) in [6, 6.07) is 5.39. The van der Waals surface area contributed by atoms with E-state index in [1.54, 1.807) is 30.5 Å². The van der Waals surface area contributed by atoms with Crippen molar-refractivity contribution in [3.8, 4) is 0 Å². The zero-order valence-electron chi connectivity index (χ0n) is 8.93. The molecule has 0 fully saturated rings. The van der Waals surface area contributed by atoms with Gasteiger partial charge in [0.15, 0.2) is 15.9 Å². The van der Waals surface area contributed by atoms with Crippen molar-refractivity contribution in [3.05, 3.63) is 46.3 Å². The molecule has 0 unspecified atom stereocenters. The van der Waals surface area contributed by atoms with Crippen LogP contribution in [-0.2, 0) is 0 Å². The lowest BCUT2D eigenvalue weighted by Crippen LogP contribution is -1.82. The van der Waals surface area contributed by atoms with Gasteiger partial charge in [-0.25, -0.2) is 0 Å². The van der Waals surface area contributed by atoms with Gasteiger partial charge in [0.25, 0.3) is 0 Å². The molecule has 0 bridgehead atoms. The van der Waals surface area contributed by atoms with Crippen LogP contribution >= 0.6 is 23.2 Å². The summed E-state index contributed by atoms with van der Waals surface area (Å²) in [7, 11) is 0. The summed E-state index contributed by atoms with van der Waals surface area (Å²) in [6.45, 7) is 0. The highest BCUT2D eigenvalue weighted by atomic mass is 35.5. The van der Waals surface area contributed by atoms with Gasteiger partial charge in [0, 0.05) is 0 Å². The van der Waals surface area contributed by atoms with Crippen molar-refractivity contribution in [3.63, 3.8) is 0 Å². The monoisotopic (exact) mass is 280 g/mol. The van der Waals surface area contributed by atoms with Crippen LogP contribution < -0.4 is 0 Å². The van der Waals surface area contributed by atoms with Crippen molar-refractivity contribution < 1.29 is 8.83 Å². The van der Waals surface area contributed by atoms with E-state index in [4.69, 9.17) is 32.0 Å². The molecule has 0 radical (unpaired) electrons. The fourth-order valence-electron chi connectivity index (χ4n) is 1.54. The third kappa shape index (κ3) is 2.00. The van der Waals surface area contributed by atoms with Gasteiger partial charge in [-0.1, -0.05) is 23.2 Å². The molecule has 3 rings (SSSR count). The number of halogens is 2. The summed E-state index contributed by atoms with van der Waals surface area (Å²) in [5.74, 6) is 1.32. The Bertz CT molecular complexity index is 678. The highest BCUT2D eigenvalue weighted by molar-refractivity contribution is 6.37. The first-order valence-corrected chi connectivity index (χ1v) is 5.82. The fraction of sp³-hybridized carbons (Fsp3) is 0. The molecule has 4 nitrogen and oxygen atoms in total. The average molecular weight is 281 g/mol. The van der Waals surface area contributed by atoms with Crippen LogP contribution in [0.4, 0.5) is 0 Å². The number of rotatable bonds is 2. The van der Waals surface area contributed by atoms with E-state index in [0.29, 0.717) is 16.7 Å². The van der Waals surface area contributed by atoms with E-state index < -0.39 is 0 Å². The Hall–Kier alpha value is -1.78. The minimum absolute atomic E-state index is 0.187. The minimum Gasteiger partial charge on any atom is -0.465 e. The Kier molecular flexibility index (Phi) is 2.81. The zero-order chi connectivity index (χ0) is 12.5. The molecule has 0 N–H and O–H groups in total. The SMILES string of the molecule is Clc1nnc(Cl)c2oc(C=Cc3ccco3)cc12. The normalized spacial score (nSPS) is 11.7. The largest absolute Gasteiger partial charge is 0.465 e. The molecule has 0 spiro atoms. The first-order valence-electron chi connectivity index (χ1n) is 5.07. The maximum Gasteiger partial charge on any atom is 0.195 e. The average Bonchev–Trinajstić information content (AvgIpc) is 3.00. The van der Waals surface area contributed by atoms with E-state index in [1.165, 1.54) is 0 Å². The molecule has 0 saturated carbocycles. The summed E-state index contributed by atoms with van der Waals surface area (Å²) in [5, 5.41) is 8.47. The Morgan fingerprint density at radius 1 is 1.06 bits per heavy atom. The number of furan rings is 2. The van der Waals surface area contributed by atoms with Gasteiger partial charge in [-0.2, -0.15) is 0 Å². The topological polar surface area (TPSA) is 52.1 Å². The van der Waals surface area contributed by atoms with Gasteiger partial charge in [0.2, 0.25) is 0 Å². The standard InChI is InChI=1S/C12H6Cl2N2O2/c13-11-9-6-8(4-3-7-2-1-5-17-7)18-10(9)12(14)16-15-11/h1-6H. The van der Waals surface area contributed by atoms with Crippen LogP contribution in [0.15, 0.2) is 33.3 Å². The Labute approximate surface area is 112 Å².